The van der Waals surface area contributed by atoms with E-state index in [1.165, 1.54) is 12.1 Å². The lowest BCUT2D eigenvalue weighted by molar-refractivity contribution is 0.0952. The largest absolute Gasteiger partial charge is 0.352 e. The summed E-state index contributed by atoms with van der Waals surface area (Å²) in [4.78, 5) is 16.6. The molecule has 27 heavy (non-hydrogen) atoms. The molecule has 0 bridgehead atoms. The monoisotopic (exact) mass is 385 g/mol. The van der Waals surface area contributed by atoms with E-state index in [1.807, 2.05) is 30.3 Å². The van der Waals surface area contributed by atoms with Crippen LogP contribution < -0.4 is 5.32 Å². The molecular weight excluding hydrogens is 366 g/mol. The number of benzene rings is 2. The number of carbonyl (C=O) groups excluding carboxylic acids is 1. The van der Waals surface area contributed by atoms with E-state index >= 15 is 0 Å². The normalized spacial score (nSPS) is 11.3. The Morgan fingerprint density at radius 3 is 2.63 bits per heavy atom. The molecule has 0 aliphatic rings. The molecule has 1 heterocycles. The molecule has 2 aromatic carbocycles. The maximum Gasteiger partial charge on any atom is 0.251 e. The van der Waals surface area contributed by atoms with Crippen molar-refractivity contribution in [3.63, 3.8) is 0 Å². The van der Waals surface area contributed by atoms with Gasteiger partial charge in [0.1, 0.15) is 0 Å². The number of nitrogens with zero attached hydrogens (tertiary/aromatic N) is 2. The molecule has 0 unspecified atom stereocenters. The van der Waals surface area contributed by atoms with Crippen LogP contribution in [0.5, 0.6) is 0 Å². The highest BCUT2D eigenvalue weighted by atomic mass is 32.2. The molecule has 0 fully saturated rings. The molecule has 1 amide bonds. The van der Waals surface area contributed by atoms with E-state index in [0.29, 0.717) is 36.7 Å². The highest BCUT2D eigenvalue weighted by molar-refractivity contribution is 7.90. The van der Waals surface area contributed by atoms with Gasteiger partial charge in [-0.25, -0.2) is 8.42 Å². The Balaban J connectivity index is 1.51. The minimum absolute atomic E-state index is 0.120. The summed E-state index contributed by atoms with van der Waals surface area (Å²) in [5, 5.41) is 6.71. The van der Waals surface area contributed by atoms with Crippen molar-refractivity contribution < 1.29 is 17.7 Å². The molecule has 0 radical (unpaired) electrons. The summed E-state index contributed by atoms with van der Waals surface area (Å²) in [6.45, 7) is 0.408. The smallest absolute Gasteiger partial charge is 0.251 e. The zero-order chi connectivity index (χ0) is 19.3. The van der Waals surface area contributed by atoms with Gasteiger partial charge in [-0.2, -0.15) is 4.98 Å². The van der Waals surface area contributed by atoms with Gasteiger partial charge in [0.2, 0.25) is 11.7 Å². The Bertz CT molecular complexity index is 1030. The molecular formula is C19H19N3O4S. The van der Waals surface area contributed by atoms with Crippen molar-refractivity contribution in [3.05, 3.63) is 66.1 Å². The Kier molecular flexibility index (Phi) is 5.66. The zero-order valence-corrected chi connectivity index (χ0v) is 15.6. The third-order valence-electron chi connectivity index (χ3n) is 3.88. The maximum atomic E-state index is 12.2. The number of aromatic nitrogens is 2. The van der Waals surface area contributed by atoms with Gasteiger partial charge in [0, 0.05) is 30.3 Å². The Labute approximate surface area is 157 Å². The molecule has 1 aromatic heterocycles. The van der Waals surface area contributed by atoms with Gasteiger partial charge in [-0.15, -0.1) is 0 Å². The topological polar surface area (TPSA) is 102 Å². The van der Waals surface area contributed by atoms with Gasteiger partial charge in [-0.1, -0.05) is 41.6 Å². The quantitative estimate of drug-likeness (QED) is 0.627. The number of hydrogen-bond acceptors (Lipinski definition) is 6. The van der Waals surface area contributed by atoms with E-state index in [1.54, 1.807) is 12.1 Å². The van der Waals surface area contributed by atoms with Gasteiger partial charge < -0.3 is 9.84 Å². The highest BCUT2D eigenvalue weighted by Gasteiger charge is 2.12. The van der Waals surface area contributed by atoms with Crippen LogP contribution in [0, 0.1) is 0 Å². The number of nitrogens with one attached hydrogen (secondary N) is 1. The Morgan fingerprint density at radius 2 is 1.89 bits per heavy atom. The first-order valence-corrected chi connectivity index (χ1v) is 10.3. The number of amides is 1. The lowest BCUT2D eigenvalue weighted by atomic mass is 10.2. The molecule has 0 saturated heterocycles. The molecule has 0 atom stereocenters. The number of carbonyl (C=O) groups is 1. The molecule has 0 saturated carbocycles. The highest BCUT2D eigenvalue weighted by Crippen LogP contribution is 2.15. The maximum absolute atomic E-state index is 12.2. The van der Waals surface area contributed by atoms with Crippen molar-refractivity contribution in [2.45, 2.75) is 17.7 Å². The first kappa shape index (κ1) is 18.8. The van der Waals surface area contributed by atoms with Crippen molar-refractivity contribution in [3.8, 4) is 11.4 Å². The van der Waals surface area contributed by atoms with Crippen LogP contribution in [0.3, 0.4) is 0 Å². The second-order valence-electron chi connectivity index (χ2n) is 6.04. The zero-order valence-electron chi connectivity index (χ0n) is 14.8. The van der Waals surface area contributed by atoms with Crippen LogP contribution >= 0.6 is 0 Å². The van der Waals surface area contributed by atoms with Crippen LogP contribution in [0.15, 0.2) is 64.0 Å². The molecule has 8 heteroatoms. The van der Waals surface area contributed by atoms with Crippen LogP contribution in [0.2, 0.25) is 0 Å². The summed E-state index contributed by atoms with van der Waals surface area (Å²) in [6, 6.07) is 15.5. The number of rotatable bonds is 7. The molecule has 0 aliphatic heterocycles. The minimum atomic E-state index is -3.35. The van der Waals surface area contributed by atoms with E-state index in [2.05, 4.69) is 15.5 Å². The average Bonchev–Trinajstić information content (AvgIpc) is 3.14. The summed E-state index contributed by atoms with van der Waals surface area (Å²) < 4.78 is 28.4. The fraction of sp³-hybridized carbons (Fsp3) is 0.211. The predicted octanol–water partition coefficient (Wildman–Crippen LogP) is 2.50. The van der Waals surface area contributed by atoms with Crippen molar-refractivity contribution in [1.29, 1.82) is 0 Å². The van der Waals surface area contributed by atoms with Gasteiger partial charge in [0.15, 0.2) is 9.84 Å². The van der Waals surface area contributed by atoms with Crippen molar-refractivity contribution in [1.82, 2.24) is 15.5 Å². The average molecular weight is 385 g/mol. The van der Waals surface area contributed by atoms with Crippen LogP contribution in [-0.2, 0) is 16.3 Å². The molecule has 0 aliphatic carbocycles. The summed E-state index contributed by atoms with van der Waals surface area (Å²) in [5.74, 6) is 0.713. The summed E-state index contributed by atoms with van der Waals surface area (Å²) in [6.07, 6.45) is 2.26. The second-order valence-corrected chi connectivity index (χ2v) is 8.05. The number of sulfone groups is 1. The van der Waals surface area contributed by atoms with Crippen LogP contribution in [-0.4, -0.2) is 37.3 Å². The van der Waals surface area contributed by atoms with Crippen molar-refractivity contribution in [2.24, 2.45) is 0 Å². The van der Waals surface area contributed by atoms with E-state index < -0.39 is 9.84 Å². The van der Waals surface area contributed by atoms with Gasteiger partial charge in [0.05, 0.1) is 4.90 Å². The van der Waals surface area contributed by atoms with Crippen molar-refractivity contribution in [2.75, 3.05) is 12.8 Å². The Hall–Kier alpha value is -3.00. The van der Waals surface area contributed by atoms with Crippen molar-refractivity contribution >= 4 is 15.7 Å². The predicted molar refractivity (Wildman–Crippen MR) is 99.9 cm³/mol. The van der Waals surface area contributed by atoms with Crippen LogP contribution in [0.25, 0.3) is 11.4 Å². The lowest BCUT2D eigenvalue weighted by Gasteiger charge is -2.05. The standard InChI is InChI=1S/C19H19N3O4S/c1-27(24,25)16-10-5-9-15(13-16)19(23)20-12-6-11-17-21-18(22-26-17)14-7-3-2-4-8-14/h2-5,7-10,13H,6,11-12H2,1H3,(H,20,23). The molecule has 3 rings (SSSR count). The molecule has 3 aromatic rings. The SMILES string of the molecule is CS(=O)(=O)c1cccc(C(=O)NCCCc2nc(-c3ccccc3)no2)c1. The molecule has 140 valence electrons. The fourth-order valence-electron chi connectivity index (χ4n) is 2.47. The Morgan fingerprint density at radius 1 is 1.11 bits per heavy atom. The van der Waals surface area contributed by atoms with Gasteiger partial charge >= 0.3 is 0 Å². The van der Waals surface area contributed by atoms with Gasteiger partial charge in [-0.3, -0.25) is 4.79 Å². The lowest BCUT2D eigenvalue weighted by Crippen LogP contribution is -2.25. The number of hydrogen-bond donors (Lipinski definition) is 1. The van der Waals surface area contributed by atoms with E-state index in [9.17, 15) is 13.2 Å². The fourth-order valence-corrected chi connectivity index (χ4v) is 3.14. The van der Waals surface area contributed by atoms with E-state index in [0.717, 1.165) is 11.8 Å². The minimum Gasteiger partial charge on any atom is -0.352 e. The number of aryl methyl sites for hydroxylation is 1. The third-order valence-corrected chi connectivity index (χ3v) is 4.99. The summed E-state index contributed by atoms with van der Waals surface area (Å²) in [5.41, 5.74) is 1.19. The van der Waals surface area contributed by atoms with Gasteiger partial charge in [0.25, 0.3) is 5.91 Å². The third kappa shape index (κ3) is 5.01. The first-order valence-electron chi connectivity index (χ1n) is 8.40. The van der Waals surface area contributed by atoms with E-state index in [4.69, 9.17) is 4.52 Å². The second kappa shape index (κ2) is 8.13. The van der Waals surface area contributed by atoms with Crippen LogP contribution in [0.1, 0.15) is 22.7 Å². The first-order chi connectivity index (χ1) is 12.9. The molecule has 0 spiro atoms. The molecule has 7 nitrogen and oxygen atoms in total. The van der Waals surface area contributed by atoms with Crippen LogP contribution in [0.4, 0.5) is 0 Å². The molecule has 1 N–H and O–H groups in total. The summed E-state index contributed by atoms with van der Waals surface area (Å²) in [7, 11) is -3.35. The van der Waals surface area contributed by atoms with Gasteiger partial charge in [-0.05, 0) is 24.6 Å². The summed E-state index contributed by atoms with van der Waals surface area (Å²) >= 11 is 0. The van der Waals surface area contributed by atoms with E-state index in [-0.39, 0.29) is 10.8 Å².